The molecule has 1 aliphatic rings. The van der Waals surface area contributed by atoms with E-state index in [2.05, 4.69) is 22.9 Å². The van der Waals surface area contributed by atoms with Crippen molar-refractivity contribution in [3.05, 3.63) is 69.7 Å². The highest BCUT2D eigenvalue weighted by Crippen LogP contribution is 2.25. The fourth-order valence-electron chi connectivity index (χ4n) is 2.91. The molecule has 0 aliphatic carbocycles. The third kappa shape index (κ3) is 4.43. The van der Waals surface area contributed by atoms with Gasteiger partial charge in [-0.05, 0) is 49.0 Å². The van der Waals surface area contributed by atoms with Gasteiger partial charge in [0, 0.05) is 42.5 Å². The number of benzene rings is 2. The maximum absolute atomic E-state index is 12.4. The van der Waals surface area contributed by atoms with Crippen LogP contribution in [0.2, 0.25) is 10.0 Å². The number of rotatable bonds is 4. The lowest BCUT2D eigenvalue weighted by Gasteiger charge is -2.34. The van der Waals surface area contributed by atoms with Crippen molar-refractivity contribution in [2.75, 3.05) is 38.1 Å². The SMILES string of the molecule is CN1CCN(c2ccccc2C=CC(=O)c2ccc(Cl)cc2Cl)CC1. The molecule has 0 amide bonds. The zero-order valence-corrected chi connectivity index (χ0v) is 15.6. The second-order valence-electron chi connectivity index (χ2n) is 6.17. The van der Waals surface area contributed by atoms with E-state index in [-0.39, 0.29) is 5.78 Å². The summed E-state index contributed by atoms with van der Waals surface area (Å²) in [5.41, 5.74) is 2.65. The number of hydrogen-bond donors (Lipinski definition) is 0. The first-order chi connectivity index (χ1) is 12.0. The Hall–Kier alpha value is -1.81. The molecule has 0 spiro atoms. The molecule has 0 unspecified atom stereocenters. The summed E-state index contributed by atoms with van der Waals surface area (Å²) in [5.74, 6) is -0.130. The third-order valence-electron chi connectivity index (χ3n) is 4.39. The lowest BCUT2D eigenvalue weighted by Crippen LogP contribution is -2.44. The molecule has 0 saturated carbocycles. The van der Waals surface area contributed by atoms with Crippen molar-refractivity contribution in [2.24, 2.45) is 0 Å². The number of hydrogen-bond acceptors (Lipinski definition) is 3. The smallest absolute Gasteiger partial charge is 0.187 e. The van der Waals surface area contributed by atoms with E-state index in [4.69, 9.17) is 23.2 Å². The summed E-state index contributed by atoms with van der Waals surface area (Å²) in [6.07, 6.45) is 3.44. The van der Waals surface area contributed by atoms with Crippen molar-refractivity contribution >= 4 is 40.7 Å². The van der Waals surface area contributed by atoms with Crippen LogP contribution in [0.15, 0.2) is 48.5 Å². The molecule has 1 saturated heterocycles. The Morgan fingerprint density at radius 2 is 1.76 bits per heavy atom. The lowest BCUT2D eigenvalue weighted by atomic mass is 10.1. The monoisotopic (exact) mass is 374 g/mol. The highest BCUT2D eigenvalue weighted by Gasteiger charge is 2.16. The molecule has 0 atom stereocenters. The minimum absolute atomic E-state index is 0.130. The van der Waals surface area contributed by atoms with Gasteiger partial charge in [0.2, 0.25) is 0 Å². The summed E-state index contributed by atoms with van der Waals surface area (Å²) in [6.45, 7) is 4.05. The molecule has 1 aliphatic heterocycles. The Kier molecular flexibility index (Phi) is 5.79. The van der Waals surface area contributed by atoms with Crippen LogP contribution in [0, 0.1) is 0 Å². The molecule has 0 N–H and O–H groups in total. The number of carbonyl (C=O) groups is 1. The number of halogens is 2. The van der Waals surface area contributed by atoms with Gasteiger partial charge in [0.05, 0.1) is 5.02 Å². The summed E-state index contributed by atoms with van der Waals surface area (Å²) < 4.78 is 0. The van der Waals surface area contributed by atoms with Gasteiger partial charge in [0.15, 0.2) is 5.78 Å². The van der Waals surface area contributed by atoms with Crippen LogP contribution in [-0.2, 0) is 0 Å². The number of nitrogens with zero attached hydrogens (tertiary/aromatic N) is 2. The van der Waals surface area contributed by atoms with Crippen LogP contribution < -0.4 is 4.90 Å². The average Bonchev–Trinajstić information content (AvgIpc) is 2.61. The molecule has 1 fully saturated rings. The third-order valence-corrected chi connectivity index (χ3v) is 4.94. The van der Waals surface area contributed by atoms with E-state index in [0.717, 1.165) is 37.4 Å². The average molecular weight is 375 g/mol. The molecular formula is C20H20Cl2N2O. The number of anilines is 1. The first-order valence-corrected chi connectivity index (χ1v) is 9.00. The Labute approximate surface area is 158 Å². The van der Waals surface area contributed by atoms with Crippen LogP contribution in [-0.4, -0.2) is 43.9 Å². The van der Waals surface area contributed by atoms with Gasteiger partial charge in [-0.15, -0.1) is 0 Å². The minimum atomic E-state index is -0.130. The highest BCUT2D eigenvalue weighted by atomic mass is 35.5. The Morgan fingerprint density at radius 1 is 1.04 bits per heavy atom. The van der Waals surface area contributed by atoms with Crippen LogP contribution in [0.3, 0.4) is 0 Å². The van der Waals surface area contributed by atoms with Crippen molar-refractivity contribution in [2.45, 2.75) is 0 Å². The molecule has 130 valence electrons. The first kappa shape index (κ1) is 18.0. The van der Waals surface area contributed by atoms with Crippen LogP contribution in [0.1, 0.15) is 15.9 Å². The molecule has 3 nitrogen and oxygen atoms in total. The van der Waals surface area contributed by atoms with Gasteiger partial charge in [-0.1, -0.05) is 41.4 Å². The predicted molar refractivity (Wildman–Crippen MR) is 106 cm³/mol. The summed E-state index contributed by atoms with van der Waals surface area (Å²) >= 11 is 12.0. The highest BCUT2D eigenvalue weighted by molar-refractivity contribution is 6.37. The second kappa shape index (κ2) is 8.05. The van der Waals surface area contributed by atoms with Gasteiger partial charge in [0.25, 0.3) is 0 Å². The maximum Gasteiger partial charge on any atom is 0.187 e. The number of carbonyl (C=O) groups excluding carboxylic acids is 1. The van der Waals surface area contributed by atoms with Gasteiger partial charge < -0.3 is 9.80 Å². The molecule has 0 radical (unpaired) electrons. The van der Waals surface area contributed by atoms with Crippen LogP contribution in [0.5, 0.6) is 0 Å². The van der Waals surface area contributed by atoms with E-state index < -0.39 is 0 Å². The van der Waals surface area contributed by atoms with Crippen molar-refractivity contribution in [1.29, 1.82) is 0 Å². The molecule has 2 aromatic rings. The molecule has 0 bridgehead atoms. The van der Waals surface area contributed by atoms with E-state index in [0.29, 0.717) is 15.6 Å². The van der Waals surface area contributed by atoms with E-state index in [1.807, 2.05) is 24.3 Å². The van der Waals surface area contributed by atoms with Gasteiger partial charge in [-0.2, -0.15) is 0 Å². The van der Waals surface area contributed by atoms with E-state index in [9.17, 15) is 4.79 Å². The molecule has 1 heterocycles. The topological polar surface area (TPSA) is 23.6 Å². The quantitative estimate of drug-likeness (QED) is 0.575. The van der Waals surface area contributed by atoms with Crippen LogP contribution in [0.4, 0.5) is 5.69 Å². The molecular weight excluding hydrogens is 355 g/mol. The number of piperazine rings is 1. The fourth-order valence-corrected chi connectivity index (χ4v) is 3.41. The van der Waals surface area contributed by atoms with E-state index in [1.165, 1.54) is 0 Å². The van der Waals surface area contributed by atoms with Crippen molar-refractivity contribution in [3.8, 4) is 0 Å². The lowest BCUT2D eigenvalue weighted by molar-refractivity contribution is 0.104. The largest absolute Gasteiger partial charge is 0.368 e. The molecule has 0 aromatic heterocycles. The molecule has 5 heteroatoms. The Bertz CT molecular complexity index is 796. The van der Waals surface area contributed by atoms with Crippen LogP contribution >= 0.6 is 23.2 Å². The first-order valence-electron chi connectivity index (χ1n) is 8.24. The maximum atomic E-state index is 12.4. The molecule has 3 rings (SSSR count). The minimum Gasteiger partial charge on any atom is -0.368 e. The summed E-state index contributed by atoms with van der Waals surface area (Å²) in [4.78, 5) is 17.1. The Morgan fingerprint density at radius 3 is 2.48 bits per heavy atom. The molecule has 2 aromatic carbocycles. The zero-order chi connectivity index (χ0) is 17.8. The van der Waals surface area contributed by atoms with Crippen LogP contribution in [0.25, 0.3) is 6.08 Å². The van der Waals surface area contributed by atoms with E-state index in [1.54, 1.807) is 24.3 Å². The van der Waals surface area contributed by atoms with Crippen molar-refractivity contribution in [3.63, 3.8) is 0 Å². The number of ketones is 1. The summed E-state index contributed by atoms with van der Waals surface area (Å²) in [6, 6.07) is 13.1. The summed E-state index contributed by atoms with van der Waals surface area (Å²) in [7, 11) is 2.14. The number of allylic oxidation sites excluding steroid dienone is 1. The second-order valence-corrected chi connectivity index (χ2v) is 7.01. The van der Waals surface area contributed by atoms with Gasteiger partial charge in [0.1, 0.15) is 0 Å². The zero-order valence-electron chi connectivity index (χ0n) is 14.1. The number of para-hydroxylation sites is 1. The fraction of sp³-hybridized carbons (Fsp3) is 0.250. The standard InChI is InChI=1S/C20H20Cl2N2O/c1-23-10-12-24(13-11-23)19-5-3-2-4-15(19)6-9-20(25)17-8-7-16(21)14-18(17)22/h2-9,14H,10-13H2,1H3. The predicted octanol–water partition coefficient (Wildman–Crippen LogP) is 4.64. The normalized spacial score (nSPS) is 15.7. The van der Waals surface area contributed by atoms with Gasteiger partial charge in [-0.25, -0.2) is 0 Å². The van der Waals surface area contributed by atoms with E-state index >= 15 is 0 Å². The van der Waals surface area contributed by atoms with Gasteiger partial charge in [-0.3, -0.25) is 4.79 Å². The number of likely N-dealkylation sites (N-methyl/N-ethyl adjacent to an activating group) is 1. The Balaban J connectivity index is 1.80. The van der Waals surface area contributed by atoms with Gasteiger partial charge >= 0.3 is 0 Å². The van der Waals surface area contributed by atoms with Crippen molar-refractivity contribution < 1.29 is 4.79 Å². The summed E-state index contributed by atoms with van der Waals surface area (Å²) in [5, 5.41) is 0.889. The molecule has 25 heavy (non-hydrogen) atoms. The van der Waals surface area contributed by atoms with Crippen molar-refractivity contribution in [1.82, 2.24) is 4.90 Å².